The number of carbonyl (C=O) groups excluding carboxylic acids is 1. The highest BCUT2D eigenvalue weighted by atomic mass is 32.2. The second-order valence-electron chi connectivity index (χ2n) is 4.82. The van der Waals surface area contributed by atoms with Crippen molar-refractivity contribution in [3.05, 3.63) is 64.8 Å². The number of hydrogen-bond acceptors (Lipinski definition) is 4. The normalized spacial score (nSPS) is 16.6. The number of aryl methyl sites for hydroxylation is 1. The molecule has 0 spiro atoms. The average molecular weight is 326 g/mol. The summed E-state index contributed by atoms with van der Waals surface area (Å²) in [7, 11) is 0. The molecule has 1 aromatic carbocycles. The molecular formula is C17H14N2OS2. The van der Waals surface area contributed by atoms with E-state index in [-0.39, 0.29) is 5.91 Å². The molecule has 1 aromatic heterocycles. The molecule has 1 fully saturated rings. The molecule has 110 valence electrons. The summed E-state index contributed by atoms with van der Waals surface area (Å²) in [6, 6.07) is 11.8. The van der Waals surface area contributed by atoms with Gasteiger partial charge in [-0.1, -0.05) is 55.2 Å². The largest absolute Gasteiger partial charge is 0.270 e. The molecule has 0 atom stereocenters. The number of amides is 1. The first-order valence-electron chi connectivity index (χ1n) is 6.96. The van der Waals surface area contributed by atoms with Crippen LogP contribution in [0.5, 0.6) is 0 Å². The second-order valence-corrected chi connectivity index (χ2v) is 6.50. The number of aromatic nitrogens is 1. The van der Waals surface area contributed by atoms with E-state index in [0.29, 0.717) is 14.9 Å². The van der Waals surface area contributed by atoms with Gasteiger partial charge in [-0.2, -0.15) is 0 Å². The molecule has 3 nitrogen and oxygen atoms in total. The maximum atomic E-state index is 12.6. The fourth-order valence-electron chi connectivity index (χ4n) is 2.18. The molecule has 1 amide bonds. The van der Waals surface area contributed by atoms with E-state index >= 15 is 0 Å². The molecule has 0 saturated carbocycles. The number of carbonyl (C=O) groups is 1. The number of anilines is 1. The van der Waals surface area contributed by atoms with E-state index in [1.54, 1.807) is 18.5 Å². The summed E-state index contributed by atoms with van der Waals surface area (Å²) in [5.41, 5.74) is 2.98. The van der Waals surface area contributed by atoms with Gasteiger partial charge >= 0.3 is 0 Å². The van der Waals surface area contributed by atoms with Crippen LogP contribution in [0.25, 0.3) is 6.08 Å². The Morgan fingerprint density at radius 1 is 1.27 bits per heavy atom. The quantitative estimate of drug-likeness (QED) is 0.629. The van der Waals surface area contributed by atoms with Gasteiger partial charge in [0.05, 0.1) is 16.8 Å². The standard InChI is InChI=1S/C17H14N2OS2/c1-2-12-5-7-13(8-6-12)10-15-16(20)19(17(21)22-15)14-4-3-9-18-11-14/h3-11H,2H2,1H3/b15-10-. The van der Waals surface area contributed by atoms with Crippen molar-refractivity contribution in [2.24, 2.45) is 0 Å². The van der Waals surface area contributed by atoms with Crippen LogP contribution in [0.1, 0.15) is 18.1 Å². The molecule has 0 N–H and O–H groups in total. The third-order valence-electron chi connectivity index (χ3n) is 3.38. The van der Waals surface area contributed by atoms with Crippen LogP contribution in [-0.2, 0) is 11.2 Å². The van der Waals surface area contributed by atoms with Gasteiger partial charge in [0, 0.05) is 6.20 Å². The Balaban J connectivity index is 1.88. The summed E-state index contributed by atoms with van der Waals surface area (Å²) >= 11 is 6.65. The highest BCUT2D eigenvalue weighted by Crippen LogP contribution is 2.35. The van der Waals surface area contributed by atoms with E-state index in [0.717, 1.165) is 12.0 Å². The van der Waals surface area contributed by atoms with Gasteiger partial charge < -0.3 is 0 Å². The van der Waals surface area contributed by atoms with E-state index in [1.165, 1.54) is 22.2 Å². The van der Waals surface area contributed by atoms with Gasteiger partial charge in [0.1, 0.15) is 0 Å². The van der Waals surface area contributed by atoms with E-state index < -0.39 is 0 Å². The van der Waals surface area contributed by atoms with Crippen molar-refractivity contribution in [1.29, 1.82) is 0 Å². The number of pyridine rings is 1. The van der Waals surface area contributed by atoms with Gasteiger partial charge in [-0.3, -0.25) is 14.7 Å². The molecule has 0 bridgehead atoms. The van der Waals surface area contributed by atoms with Crippen molar-refractivity contribution >= 4 is 46.0 Å². The summed E-state index contributed by atoms with van der Waals surface area (Å²) in [6.45, 7) is 2.12. The maximum Gasteiger partial charge on any atom is 0.270 e. The van der Waals surface area contributed by atoms with Crippen molar-refractivity contribution in [2.45, 2.75) is 13.3 Å². The van der Waals surface area contributed by atoms with Crippen LogP contribution in [0.2, 0.25) is 0 Å². The average Bonchev–Trinajstić information content (AvgIpc) is 2.83. The van der Waals surface area contributed by atoms with E-state index in [2.05, 4.69) is 24.0 Å². The van der Waals surface area contributed by atoms with Crippen molar-refractivity contribution < 1.29 is 4.79 Å². The summed E-state index contributed by atoms with van der Waals surface area (Å²) < 4.78 is 0.537. The summed E-state index contributed by atoms with van der Waals surface area (Å²) in [5, 5.41) is 0. The minimum absolute atomic E-state index is 0.0948. The van der Waals surface area contributed by atoms with Crippen molar-refractivity contribution in [1.82, 2.24) is 4.98 Å². The van der Waals surface area contributed by atoms with E-state index in [9.17, 15) is 4.79 Å². The lowest BCUT2D eigenvalue weighted by atomic mass is 10.1. The Labute approximate surface area is 139 Å². The molecule has 2 heterocycles. The molecule has 3 rings (SSSR count). The van der Waals surface area contributed by atoms with Gasteiger partial charge in [0.25, 0.3) is 5.91 Å². The number of rotatable bonds is 3. The minimum atomic E-state index is -0.0948. The fraction of sp³-hybridized carbons (Fsp3) is 0.118. The van der Waals surface area contributed by atoms with Gasteiger partial charge in [-0.15, -0.1) is 0 Å². The molecule has 1 saturated heterocycles. The Morgan fingerprint density at radius 2 is 2.05 bits per heavy atom. The number of thiocarbonyl (C=S) groups is 1. The number of hydrogen-bond donors (Lipinski definition) is 0. The third-order valence-corrected chi connectivity index (χ3v) is 4.69. The van der Waals surface area contributed by atoms with Gasteiger partial charge in [0.15, 0.2) is 4.32 Å². The minimum Gasteiger partial charge on any atom is -0.268 e. The lowest BCUT2D eigenvalue weighted by Crippen LogP contribution is -2.27. The first kappa shape index (κ1) is 14.9. The summed E-state index contributed by atoms with van der Waals surface area (Å²) in [5.74, 6) is -0.0948. The van der Waals surface area contributed by atoms with E-state index in [1.807, 2.05) is 24.3 Å². The Morgan fingerprint density at radius 3 is 2.68 bits per heavy atom. The maximum absolute atomic E-state index is 12.6. The zero-order valence-corrected chi connectivity index (χ0v) is 13.7. The third kappa shape index (κ3) is 2.96. The predicted molar refractivity (Wildman–Crippen MR) is 95.7 cm³/mol. The zero-order chi connectivity index (χ0) is 15.5. The van der Waals surface area contributed by atoms with Crippen LogP contribution in [0.15, 0.2) is 53.7 Å². The van der Waals surface area contributed by atoms with Crippen LogP contribution < -0.4 is 4.90 Å². The highest BCUT2D eigenvalue weighted by Gasteiger charge is 2.33. The molecule has 0 aliphatic carbocycles. The molecule has 5 heteroatoms. The van der Waals surface area contributed by atoms with Crippen LogP contribution in [0.3, 0.4) is 0 Å². The van der Waals surface area contributed by atoms with Crippen molar-refractivity contribution in [3.63, 3.8) is 0 Å². The molecule has 0 unspecified atom stereocenters. The molecule has 1 aliphatic heterocycles. The monoisotopic (exact) mass is 326 g/mol. The van der Waals surface area contributed by atoms with Crippen molar-refractivity contribution in [3.8, 4) is 0 Å². The van der Waals surface area contributed by atoms with Gasteiger partial charge in [0.2, 0.25) is 0 Å². The van der Waals surface area contributed by atoms with Crippen LogP contribution in [0.4, 0.5) is 5.69 Å². The molecule has 0 radical (unpaired) electrons. The van der Waals surface area contributed by atoms with Crippen molar-refractivity contribution in [2.75, 3.05) is 4.90 Å². The van der Waals surface area contributed by atoms with Crippen LogP contribution in [-0.4, -0.2) is 15.2 Å². The SMILES string of the molecule is CCc1ccc(/C=C2\SC(=S)N(c3cccnc3)C2=O)cc1. The topological polar surface area (TPSA) is 33.2 Å². The zero-order valence-electron chi connectivity index (χ0n) is 12.0. The first-order valence-corrected chi connectivity index (χ1v) is 8.18. The second kappa shape index (κ2) is 6.42. The van der Waals surface area contributed by atoms with Gasteiger partial charge in [-0.25, -0.2) is 0 Å². The number of benzene rings is 1. The number of thioether (sulfide) groups is 1. The summed E-state index contributed by atoms with van der Waals surface area (Å²) in [4.78, 5) is 18.8. The molecular weight excluding hydrogens is 312 g/mol. The molecule has 2 aromatic rings. The van der Waals surface area contributed by atoms with E-state index in [4.69, 9.17) is 12.2 Å². The highest BCUT2D eigenvalue weighted by molar-refractivity contribution is 8.27. The lowest BCUT2D eigenvalue weighted by Gasteiger charge is -2.13. The Kier molecular flexibility index (Phi) is 4.36. The van der Waals surface area contributed by atoms with Crippen LogP contribution >= 0.6 is 24.0 Å². The lowest BCUT2D eigenvalue weighted by molar-refractivity contribution is -0.113. The molecule has 22 heavy (non-hydrogen) atoms. The smallest absolute Gasteiger partial charge is 0.268 e. The van der Waals surface area contributed by atoms with Gasteiger partial charge in [-0.05, 0) is 35.8 Å². The Bertz CT molecular complexity index is 739. The van der Waals surface area contributed by atoms with Crippen LogP contribution in [0, 0.1) is 0 Å². The first-order chi connectivity index (χ1) is 10.7. The number of nitrogens with zero attached hydrogens (tertiary/aromatic N) is 2. The summed E-state index contributed by atoms with van der Waals surface area (Å²) in [6.07, 6.45) is 6.20. The molecule has 1 aliphatic rings. The Hall–Kier alpha value is -1.98. The predicted octanol–water partition coefficient (Wildman–Crippen LogP) is 4.05. The fourth-order valence-corrected chi connectivity index (χ4v) is 3.48.